The summed E-state index contributed by atoms with van der Waals surface area (Å²) in [6.07, 6.45) is 0.842. The lowest BCUT2D eigenvalue weighted by Crippen LogP contribution is -2.21. The quantitative estimate of drug-likeness (QED) is 0.716. The summed E-state index contributed by atoms with van der Waals surface area (Å²) < 4.78 is 6.45. The maximum absolute atomic E-state index is 5.95. The molecule has 0 amide bonds. The molecule has 0 aliphatic carbocycles. The van der Waals surface area contributed by atoms with Crippen LogP contribution >= 0.6 is 28.3 Å². The fourth-order valence-corrected chi connectivity index (χ4v) is 2.14. The van der Waals surface area contributed by atoms with Crippen molar-refractivity contribution in [2.75, 3.05) is 12.3 Å². The van der Waals surface area contributed by atoms with Gasteiger partial charge in [0.05, 0.1) is 12.3 Å². The van der Waals surface area contributed by atoms with Crippen LogP contribution in [0.4, 0.5) is 5.69 Å². The lowest BCUT2D eigenvalue weighted by atomic mass is 10.0. The molecule has 0 bridgehead atoms. The van der Waals surface area contributed by atoms with Crippen molar-refractivity contribution in [2.24, 2.45) is 5.73 Å². The van der Waals surface area contributed by atoms with Gasteiger partial charge in [-0.2, -0.15) is 0 Å². The topological polar surface area (TPSA) is 61.3 Å². The molecule has 0 spiro atoms. The Labute approximate surface area is 97.3 Å². The van der Waals surface area contributed by atoms with Crippen LogP contribution in [0.5, 0.6) is 5.75 Å². The molecule has 3 nitrogen and oxygen atoms in total. The van der Waals surface area contributed by atoms with Gasteiger partial charge in [0.2, 0.25) is 0 Å². The SMILES string of the molecule is Cl.Nc1ccc(Br)c2c1OCC[C@@H]2N. The van der Waals surface area contributed by atoms with Crippen molar-refractivity contribution < 1.29 is 4.74 Å². The number of halogens is 2. The van der Waals surface area contributed by atoms with E-state index in [1.807, 2.05) is 12.1 Å². The van der Waals surface area contributed by atoms with Gasteiger partial charge >= 0.3 is 0 Å². The summed E-state index contributed by atoms with van der Waals surface area (Å²) in [5, 5.41) is 0. The van der Waals surface area contributed by atoms with Crippen LogP contribution in [0.1, 0.15) is 18.0 Å². The van der Waals surface area contributed by atoms with Gasteiger partial charge < -0.3 is 16.2 Å². The highest BCUT2D eigenvalue weighted by atomic mass is 79.9. The van der Waals surface area contributed by atoms with Gasteiger partial charge in [-0.3, -0.25) is 0 Å². The minimum absolute atomic E-state index is 0. The minimum atomic E-state index is 0. The van der Waals surface area contributed by atoms with Gasteiger partial charge in [-0.1, -0.05) is 15.9 Å². The molecule has 1 atom stereocenters. The number of nitrogens with two attached hydrogens (primary N) is 2. The van der Waals surface area contributed by atoms with E-state index in [1.54, 1.807) is 0 Å². The van der Waals surface area contributed by atoms with E-state index in [1.165, 1.54) is 0 Å². The fraction of sp³-hybridized carbons (Fsp3) is 0.333. The van der Waals surface area contributed by atoms with Gasteiger partial charge in [0.25, 0.3) is 0 Å². The monoisotopic (exact) mass is 278 g/mol. The molecule has 0 saturated heterocycles. The zero-order valence-corrected chi connectivity index (χ0v) is 9.90. The number of anilines is 1. The Hall–Kier alpha value is -0.450. The molecule has 1 aromatic rings. The lowest BCUT2D eigenvalue weighted by Gasteiger charge is -2.25. The summed E-state index contributed by atoms with van der Waals surface area (Å²) in [6.45, 7) is 0.648. The minimum Gasteiger partial charge on any atom is -0.491 e. The van der Waals surface area contributed by atoms with Crippen molar-refractivity contribution in [3.63, 3.8) is 0 Å². The second-order valence-electron chi connectivity index (χ2n) is 3.12. The predicted octanol–water partition coefficient (Wildman–Crippen LogP) is 2.24. The van der Waals surface area contributed by atoms with Crippen LogP contribution in [0.2, 0.25) is 0 Å². The molecule has 4 N–H and O–H groups in total. The molecule has 5 heteroatoms. The Morgan fingerprint density at radius 3 is 2.79 bits per heavy atom. The number of benzene rings is 1. The van der Waals surface area contributed by atoms with E-state index in [9.17, 15) is 0 Å². The van der Waals surface area contributed by atoms with Crippen LogP contribution in [0.25, 0.3) is 0 Å². The Morgan fingerprint density at radius 2 is 2.14 bits per heavy atom. The van der Waals surface area contributed by atoms with Crippen molar-refractivity contribution in [3.05, 3.63) is 22.2 Å². The molecule has 2 rings (SSSR count). The first-order valence-electron chi connectivity index (χ1n) is 4.16. The van der Waals surface area contributed by atoms with Crippen LogP contribution in [0.15, 0.2) is 16.6 Å². The van der Waals surface area contributed by atoms with E-state index >= 15 is 0 Å². The number of fused-ring (bicyclic) bond motifs is 1. The number of rotatable bonds is 0. The summed E-state index contributed by atoms with van der Waals surface area (Å²) in [5.74, 6) is 0.744. The zero-order chi connectivity index (χ0) is 9.42. The lowest BCUT2D eigenvalue weighted by molar-refractivity contribution is 0.270. The number of ether oxygens (including phenoxy) is 1. The summed E-state index contributed by atoms with van der Waals surface area (Å²) in [6, 6.07) is 3.76. The van der Waals surface area contributed by atoms with Gasteiger partial charge in [0, 0.05) is 22.5 Å². The van der Waals surface area contributed by atoms with Crippen molar-refractivity contribution in [1.82, 2.24) is 0 Å². The summed E-state index contributed by atoms with van der Waals surface area (Å²) >= 11 is 3.44. The molecule has 1 aromatic carbocycles. The number of nitrogen functional groups attached to an aromatic ring is 1. The molecule has 0 saturated carbocycles. The van der Waals surface area contributed by atoms with Crippen LogP contribution in [0.3, 0.4) is 0 Å². The third-order valence-corrected chi connectivity index (χ3v) is 2.91. The van der Waals surface area contributed by atoms with E-state index in [4.69, 9.17) is 16.2 Å². The van der Waals surface area contributed by atoms with Crippen molar-refractivity contribution in [2.45, 2.75) is 12.5 Å². The molecule has 0 fully saturated rings. The molecule has 0 aromatic heterocycles. The molecule has 78 valence electrons. The molecule has 0 radical (unpaired) electrons. The first-order valence-corrected chi connectivity index (χ1v) is 4.95. The van der Waals surface area contributed by atoms with Crippen LogP contribution in [-0.2, 0) is 0 Å². The number of hydrogen-bond acceptors (Lipinski definition) is 3. The Bertz CT molecular complexity index is 346. The average Bonchev–Trinajstić information content (AvgIpc) is 2.12. The van der Waals surface area contributed by atoms with Gasteiger partial charge in [-0.25, -0.2) is 0 Å². The second-order valence-corrected chi connectivity index (χ2v) is 3.98. The molecular formula is C9H12BrClN2O. The number of hydrogen-bond donors (Lipinski definition) is 2. The third-order valence-electron chi connectivity index (χ3n) is 2.22. The smallest absolute Gasteiger partial charge is 0.148 e. The fourth-order valence-electron chi connectivity index (χ4n) is 1.53. The second kappa shape index (κ2) is 4.38. The highest BCUT2D eigenvalue weighted by Crippen LogP contribution is 2.40. The average molecular weight is 280 g/mol. The largest absolute Gasteiger partial charge is 0.491 e. The Kier molecular flexibility index (Phi) is 3.64. The standard InChI is InChI=1S/C9H11BrN2O.ClH/c10-5-1-2-7(12)9-8(5)6(11)3-4-13-9;/h1-2,6H,3-4,11-12H2;1H/t6-;/m0./s1. The zero-order valence-electron chi connectivity index (χ0n) is 7.50. The summed E-state index contributed by atoms with van der Waals surface area (Å²) in [4.78, 5) is 0. The summed E-state index contributed by atoms with van der Waals surface area (Å²) in [5.41, 5.74) is 13.4. The first-order chi connectivity index (χ1) is 6.20. The maximum atomic E-state index is 5.95. The normalized spacial score (nSPS) is 19.1. The van der Waals surface area contributed by atoms with E-state index in [-0.39, 0.29) is 18.4 Å². The van der Waals surface area contributed by atoms with Crippen LogP contribution < -0.4 is 16.2 Å². The van der Waals surface area contributed by atoms with Crippen molar-refractivity contribution >= 4 is 34.0 Å². The van der Waals surface area contributed by atoms with E-state index in [2.05, 4.69) is 15.9 Å². The first kappa shape index (κ1) is 11.6. The molecule has 1 aliphatic rings. The predicted molar refractivity (Wildman–Crippen MR) is 62.8 cm³/mol. The molecule has 14 heavy (non-hydrogen) atoms. The van der Waals surface area contributed by atoms with Gasteiger partial charge in [0.15, 0.2) is 0 Å². The molecule has 0 unspecified atom stereocenters. The van der Waals surface area contributed by atoms with Gasteiger partial charge in [-0.15, -0.1) is 12.4 Å². The van der Waals surface area contributed by atoms with Crippen molar-refractivity contribution in [1.29, 1.82) is 0 Å². The Morgan fingerprint density at radius 1 is 1.43 bits per heavy atom. The molecular weight excluding hydrogens is 267 g/mol. The summed E-state index contributed by atoms with van der Waals surface area (Å²) in [7, 11) is 0. The highest BCUT2D eigenvalue weighted by molar-refractivity contribution is 9.10. The Balaban J connectivity index is 0.000000980. The van der Waals surface area contributed by atoms with E-state index in [0.29, 0.717) is 12.3 Å². The van der Waals surface area contributed by atoms with Gasteiger partial charge in [0.1, 0.15) is 5.75 Å². The highest BCUT2D eigenvalue weighted by Gasteiger charge is 2.22. The molecule has 1 aliphatic heterocycles. The van der Waals surface area contributed by atoms with Crippen LogP contribution in [-0.4, -0.2) is 6.61 Å². The van der Waals surface area contributed by atoms with Gasteiger partial charge in [-0.05, 0) is 12.1 Å². The maximum Gasteiger partial charge on any atom is 0.148 e. The molecule has 1 heterocycles. The third kappa shape index (κ3) is 1.82. The van der Waals surface area contributed by atoms with E-state index in [0.717, 1.165) is 22.2 Å². The van der Waals surface area contributed by atoms with Crippen molar-refractivity contribution in [3.8, 4) is 5.75 Å². The van der Waals surface area contributed by atoms with Crippen LogP contribution in [0, 0.1) is 0 Å². The van der Waals surface area contributed by atoms with E-state index < -0.39 is 0 Å².